The van der Waals surface area contributed by atoms with E-state index in [1.807, 2.05) is 78.9 Å². The maximum atomic E-state index is 12.0. The smallest absolute Gasteiger partial charge is 0.326 e. The van der Waals surface area contributed by atoms with E-state index in [1.165, 1.54) is 0 Å². The molecule has 0 bridgehead atoms. The summed E-state index contributed by atoms with van der Waals surface area (Å²) in [5, 5.41) is 13.7. The standard InChI is InChI=1S/C23H18BrN3O2/c24-17-11-12-19-18(14-17)22(27-21(25-19)16-9-5-2-6-10-16)26-20(23(28)29)13-15-7-3-1-4-8-15/h1-12,14,20H,13H2,(H,28,29)(H,25,26,27)/t20-/m0/s1. The fourth-order valence-electron chi connectivity index (χ4n) is 3.14. The second-order valence-corrected chi connectivity index (χ2v) is 7.56. The van der Waals surface area contributed by atoms with Gasteiger partial charge in [-0.25, -0.2) is 14.8 Å². The predicted octanol–water partition coefficient (Wildman–Crippen LogP) is 5.17. The van der Waals surface area contributed by atoms with E-state index in [-0.39, 0.29) is 0 Å². The molecule has 4 aromatic rings. The summed E-state index contributed by atoms with van der Waals surface area (Å²) in [4.78, 5) is 21.3. The second kappa shape index (κ2) is 8.41. The van der Waals surface area contributed by atoms with E-state index in [1.54, 1.807) is 0 Å². The fourth-order valence-corrected chi connectivity index (χ4v) is 3.50. The minimum absolute atomic E-state index is 0.344. The number of aliphatic carboxylic acids is 1. The Balaban J connectivity index is 1.77. The molecule has 29 heavy (non-hydrogen) atoms. The Kier molecular flexibility index (Phi) is 5.53. The van der Waals surface area contributed by atoms with Gasteiger partial charge in [0.05, 0.1) is 5.52 Å². The minimum atomic E-state index is -0.933. The van der Waals surface area contributed by atoms with Crippen LogP contribution in [0.25, 0.3) is 22.3 Å². The Morgan fingerprint density at radius 3 is 2.34 bits per heavy atom. The molecule has 0 radical (unpaired) electrons. The summed E-state index contributed by atoms with van der Waals surface area (Å²) in [7, 11) is 0. The van der Waals surface area contributed by atoms with Gasteiger partial charge in [-0.15, -0.1) is 0 Å². The molecule has 0 spiro atoms. The Labute approximate surface area is 176 Å². The van der Waals surface area contributed by atoms with Gasteiger partial charge in [-0.2, -0.15) is 0 Å². The van der Waals surface area contributed by atoms with Gasteiger partial charge in [-0.3, -0.25) is 0 Å². The topological polar surface area (TPSA) is 75.1 Å². The highest BCUT2D eigenvalue weighted by molar-refractivity contribution is 9.10. The molecule has 144 valence electrons. The van der Waals surface area contributed by atoms with Crippen molar-refractivity contribution in [3.63, 3.8) is 0 Å². The van der Waals surface area contributed by atoms with Crippen molar-refractivity contribution in [2.75, 3.05) is 5.32 Å². The van der Waals surface area contributed by atoms with Gasteiger partial charge < -0.3 is 10.4 Å². The second-order valence-electron chi connectivity index (χ2n) is 6.65. The highest BCUT2D eigenvalue weighted by Gasteiger charge is 2.20. The lowest BCUT2D eigenvalue weighted by Crippen LogP contribution is -2.32. The number of rotatable bonds is 6. The van der Waals surface area contributed by atoms with Crippen molar-refractivity contribution in [2.45, 2.75) is 12.5 Å². The van der Waals surface area contributed by atoms with Crippen molar-refractivity contribution >= 4 is 38.6 Å². The van der Waals surface area contributed by atoms with Crippen molar-refractivity contribution in [3.05, 3.63) is 88.9 Å². The lowest BCUT2D eigenvalue weighted by Gasteiger charge is -2.17. The van der Waals surface area contributed by atoms with Crippen molar-refractivity contribution in [1.82, 2.24) is 9.97 Å². The average Bonchev–Trinajstić information content (AvgIpc) is 2.74. The highest BCUT2D eigenvalue weighted by Crippen LogP contribution is 2.28. The van der Waals surface area contributed by atoms with Crippen LogP contribution in [-0.4, -0.2) is 27.1 Å². The van der Waals surface area contributed by atoms with Crippen LogP contribution in [-0.2, 0) is 11.2 Å². The lowest BCUT2D eigenvalue weighted by molar-refractivity contribution is -0.137. The molecule has 0 amide bonds. The molecule has 6 heteroatoms. The van der Waals surface area contributed by atoms with Crippen molar-refractivity contribution < 1.29 is 9.90 Å². The third-order valence-corrected chi connectivity index (χ3v) is 5.07. The molecule has 2 N–H and O–H groups in total. The molecule has 3 aromatic carbocycles. The summed E-state index contributed by atoms with van der Waals surface area (Å²) in [5.74, 6) is 0.113. The number of aromatic nitrogens is 2. The van der Waals surface area contributed by atoms with Crippen LogP contribution < -0.4 is 5.32 Å². The molecule has 0 aliphatic carbocycles. The SMILES string of the molecule is O=C(O)[C@H](Cc1ccccc1)Nc1nc(-c2ccccc2)nc2ccc(Br)cc12. The van der Waals surface area contributed by atoms with Crippen molar-refractivity contribution in [2.24, 2.45) is 0 Å². The number of carboxylic acid groups (broad SMARTS) is 1. The number of carbonyl (C=O) groups is 1. The van der Waals surface area contributed by atoms with Crippen LogP contribution in [0.5, 0.6) is 0 Å². The first-order chi connectivity index (χ1) is 14.1. The van der Waals surface area contributed by atoms with E-state index in [4.69, 9.17) is 0 Å². The summed E-state index contributed by atoms with van der Waals surface area (Å²) in [6.45, 7) is 0. The molecule has 1 heterocycles. The van der Waals surface area contributed by atoms with Crippen LogP contribution in [0.4, 0.5) is 5.82 Å². The molecule has 1 aromatic heterocycles. The Hall–Kier alpha value is -3.25. The van der Waals surface area contributed by atoms with Gasteiger partial charge in [0, 0.05) is 21.8 Å². The van der Waals surface area contributed by atoms with E-state index in [0.29, 0.717) is 18.1 Å². The lowest BCUT2D eigenvalue weighted by atomic mass is 10.1. The van der Waals surface area contributed by atoms with Gasteiger partial charge in [0.2, 0.25) is 0 Å². The number of anilines is 1. The van der Waals surface area contributed by atoms with Gasteiger partial charge in [0.15, 0.2) is 5.82 Å². The predicted molar refractivity (Wildman–Crippen MR) is 118 cm³/mol. The fraction of sp³-hybridized carbons (Fsp3) is 0.0870. The average molecular weight is 448 g/mol. The number of hydrogen-bond donors (Lipinski definition) is 2. The van der Waals surface area contributed by atoms with E-state index < -0.39 is 12.0 Å². The van der Waals surface area contributed by atoms with Crippen LogP contribution in [0.1, 0.15) is 5.56 Å². The maximum absolute atomic E-state index is 12.0. The van der Waals surface area contributed by atoms with E-state index in [0.717, 1.165) is 26.5 Å². The molecule has 0 aliphatic rings. The first-order valence-corrected chi connectivity index (χ1v) is 9.95. The van der Waals surface area contributed by atoms with Gasteiger partial charge >= 0.3 is 5.97 Å². The van der Waals surface area contributed by atoms with Crippen LogP contribution in [0.15, 0.2) is 83.3 Å². The number of halogens is 1. The molecule has 0 saturated carbocycles. The molecule has 0 saturated heterocycles. The number of fused-ring (bicyclic) bond motifs is 1. The summed E-state index contributed by atoms with van der Waals surface area (Å²) >= 11 is 3.48. The van der Waals surface area contributed by atoms with Gasteiger partial charge in [-0.05, 0) is 23.8 Å². The molecule has 1 atom stereocenters. The number of carboxylic acids is 1. The van der Waals surface area contributed by atoms with E-state index in [9.17, 15) is 9.90 Å². The molecule has 4 rings (SSSR count). The Bertz CT molecular complexity index is 1150. The third kappa shape index (κ3) is 4.43. The normalized spacial score (nSPS) is 11.9. The van der Waals surface area contributed by atoms with E-state index in [2.05, 4.69) is 31.2 Å². The first-order valence-electron chi connectivity index (χ1n) is 9.16. The monoisotopic (exact) mass is 447 g/mol. The quantitative estimate of drug-likeness (QED) is 0.426. The summed E-state index contributed by atoms with van der Waals surface area (Å²) in [6.07, 6.45) is 0.344. The van der Waals surface area contributed by atoms with E-state index >= 15 is 0 Å². The molecule has 0 fully saturated rings. The highest BCUT2D eigenvalue weighted by atomic mass is 79.9. The molecular weight excluding hydrogens is 430 g/mol. The molecule has 0 aliphatic heterocycles. The van der Waals surface area contributed by atoms with Crippen molar-refractivity contribution in [3.8, 4) is 11.4 Å². The number of nitrogens with one attached hydrogen (secondary N) is 1. The minimum Gasteiger partial charge on any atom is -0.480 e. The molecule has 5 nitrogen and oxygen atoms in total. The maximum Gasteiger partial charge on any atom is 0.326 e. The zero-order valence-electron chi connectivity index (χ0n) is 15.4. The van der Waals surface area contributed by atoms with Gasteiger partial charge in [-0.1, -0.05) is 76.6 Å². The Morgan fingerprint density at radius 1 is 0.966 bits per heavy atom. The summed E-state index contributed by atoms with van der Waals surface area (Å²) in [6, 6.07) is 24.1. The number of benzene rings is 3. The zero-order valence-corrected chi connectivity index (χ0v) is 17.0. The van der Waals surface area contributed by atoms with Crippen LogP contribution in [0.2, 0.25) is 0 Å². The first kappa shape index (κ1) is 19.1. The molecular formula is C23H18BrN3O2. The van der Waals surface area contributed by atoms with Crippen LogP contribution >= 0.6 is 15.9 Å². The third-order valence-electron chi connectivity index (χ3n) is 4.58. The summed E-state index contributed by atoms with van der Waals surface area (Å²) < 4.78 is 0.874. The Morgan fingerprint density at radius 2 is 1.66 bits per heavy atom. The number of nitrogens with zero attached hydrogens (tertiary/aromatic N) is 2. The number of hydrogen-bond acceptors (Lipinski definition) is 4. The van der Waals surface area contributed by atoms with Gasteiger partial charge in [0.25, 0.3) is 0 Å². The molecule has 0 unspecified atom stereocenters. The largest absolute Gasteiger partial charge is 0.480 e. The van der Waals surface area contributed by atoms with Crippen LogP contribution in [0, 0.1) is 0 Å². The van der Waals surface area contributed by atoms with Crippen molar-refractivity contribution in [1.29, 1.82) is 0 Å². The summed E-state index contributed by atoms with van der Waals surface area (Å²) in [5.41, 5.74) is 2.55. The van der Waals surface area contributed by atoms with Crippen LogP contribution in [0.3, 0.4) is 0 Å². The zero-order chi connectivity index (χ0) is 20.2. The van der Waals surface area contributed by atoms with Gasteiger partial charge in [0.1, 0.15) is 11.9 Å².